The van der Waals surface area contributed by atoms with E-state index >= 15 is 0 Å². The number of anilines is 1. The third-order valence-electron chi connectivity index (χ3n) is 3.47. The summed E-state index contributed by atoms with van der Waals surface area (Å²) in [7, 11) is 0. The maximum absolute atomic E-state index is 12.9. The van der Waals surface area contributed by atoms with Crippen LogP contribution in [0.4, 0.5) is 10.1 Å². The maximum Gasteiger partial charge on any atom is 0.340 e. The number of ether oxygens (including phenoxy) is 1. The number of halogens is 1. The van der Waals surface area contributed by atoms with Crippen LogP contribution in [0.1, 0.15) is 43.0 Å². The van der Waals surface area contributed by atoms with Gasteiger partial charge in [0.15, 0.2) is 0 Å². The minimum absolute atomic E-state index is 0.0295. The van der Waals surface area contributed by atoms with Crippen molar-refractivity contribution in [2.75, 3.05) is 5.73 Å². The molecule has 4 heteroatoms. The fourth-order valence-electron chi connectivity index (χ4n) is 2.28. The predicted molar refractivity (Wildman–Crippen MR) is 67.6 cm³/mol. The van der Waals surface area contributed by atoms with Crippen molar-refractivity contribution < 1.29 is 13.9 Å². The van der Waals surface area contributed by atoms with Gasteiger partial charge in [0.25, 0.3) is 0 Å². The van der Waals surface area contributed by atoms with E-state index in [9.17, 15) is 9.18 Å². The molecule has 0 bridgehead atoms. The van der Waals surface area contributed by atoms with Crippen LogP contribution in [0.3, 0.4) is 0 Å². The molecule has 1 aliphatic rings. The van der Waals surface area contributed by atoms with Gasteiger partial charge in [-0.2, -0.15) is 0 Å². The summed E-state index contributed by atoms with van der Waals surface area (Å²) >= 11 is 0. The Morgan fingerprint density at radius 1 is 1.33 bits per heavy atom. The highest BCUT2D eigenvalue weighted by molar-refractivity contribution is 5.95. The number of nitrogens with two attached hydrogens (primary N) is 1. The minimum atomic E-state index is -0.452. The van der Waals surface area contributed by atoms with E-state index in [-0.39, 0.29) is 17.4 Å². The number of esters is 1. The topological polar surface area (TPSA) is 52.3 Å². The van der Waals surface area contributed by atoms with Crippen LogP contribution in [0.15, 0.2) is 18.2 Å². The summed E-state index contributed by atoms with van der Waals surface area (Å²) in [6.07, 6.45) is 3.92. The summed E-state index contributed by atoms with van der Waals surface area (Å²) in [5.41, 5.74) is 5.98. The summed E-state index contributed by atoms with van der Waals surface area (Å²) in [5, 5.41) is 0. The van der Waals surface area contributed by atoms with E-state index in [2.05, 4.69) is 6.92 Å². The zero-order valence-corrected chi connectivity index (χ0v) is 10.5. The fraction of sp³-hybridized carbons (Fsp3) is 0.500. The maximum atomic E-state index is 12.9. The Labute approximate surface area is 106 Å². The first-order chi connectivity index (χ1) is 8.56. The summed E-state index contributed by atoms with van der Waals surface area (Å²) < 4.78 is 18.3. The lowest BCUT2D eigenvalue weighted by molar-refractivity contribution is 0.0175. The summed E-state index contributed by atoms with van der Waals surface area (Å²) in [4.78, 5) is 11.9. The van der Waals surface area contributed by atoms with Gasteiger partial charge in [0.1, 0.15) is 11.9 Å². The molecular weight excluding hydrogens is 233 g/mol. The highest BCUT2D eigenvalue weighted by Crippen LogP contribution is 2.26. The van der Waals surface area contributed by atoms with Crippen molar-refractivity contribution in [2.24, 2.45) is 5.92 Å². The molecule has 98 valence electrons. The predicted octanol–water partition coefficient (Wildman–Crippen LogP) is 3.14. The molecule has 0 unspecified atom stereocenters. The van der Waals surface area contributed by atoms with E-state index in [1.807, 2.05) is 0 Å². The molecule has 18 heavy (non-hydrogen) atoms. The van der Waals surface area contributed by atoms with Crippen molar-refractivity contribution in [3.63, 3.8) is 0 Å². The lowest BCUT2D eigenvalue weighted by Gasteiger charge is -2.26. The average Bonchev–Trinajstić information content (AvgIpc) is 2.32. The molecule has 0 aliphatic heterocycles. The second kappa shape index (κ2) is 5.38. The minimum Gasteiger partial charge on any atom is -0.459 e. The number of carbonyl (C=O) groups is 1. The largest absolute Gasteiger partial charge is 0.459 e. The van der Waals surface area contributed by atoms with Gasteiger partial charge in [0, 0.05) is 5.69 Å². The first-order valence-electron chi connectivity index (χ1n) is 6.32. The Morgan fingerprint density at radius 3 is 2.61 bits per heavy atom. The van der Waals surface area contributed by atoms with E-state index in [1.54, 1.807) is 0 Å². The average molecular weight is 251 g/mol. The lowest BCUT2D eigenvalue weighted by Crippen LogP contribution is -2.24. The number of hydrogen-bond acceptors (Lipinski definition) is 3. The zero-order valence-electron chi connectivity index (χ0n) is 10.5. The Kier molecular flexibility index (Phi) is 3.84. The Morgan fingerprint density at radius 2 is 2.00 bits per heavy atom. The molecule has 0 heterocycles. The van der Waals surface area contributed by atoms with Crippen molar-refractivity contribution >= 4 is 11.7 Å². The van der Waals surface area contributed by atoms with Gasteiger partial charge in [-0.15, -0.1) is 0 Å². The van der Waals surface area contributed by atoms with Crippen LogP contribution in [0.2, 0.25) is 0 Å². The molecule has 0 atom stereocenters. The van der Waals surface area contributed by atoms with Gasteiger partial charge < -0.3 is 10.5 Å². The quantitative estimate of drug-likeness (QED) is 0.649. The van der Waals surface area contributed by atoms with Gasteiger partial charge >= 0.3 is 5.97 Å². The standard InChI is InChI=1S/C14H18FNO2/c1-9-2-5-11(6-3-9)18-14(17)12-7-4-10(15)8-13(12)16/h4,7-9,11H,2-3,5-6,16H2,1H3. The number of hydrogen-bond donors (Lipinski definition) is 1. The summed E-state index contributed by atoms with van der Waals surface area (Å²) in [5.74, 6) is -0.196. The Balaban J connectivity index is 1.99. The van der Waals surface area contributed by atoms with Crippen molar-refractivity contribution in [3.05, 3.63) is 29.6 Å². The molecule has 0 amide bonds. The molecule has 0 spiro atoms. The first-order valence-corrected chi connectivity index (χ1v) is 6.32. The highest BCUT2D eigenvalue weighted by Gasteiger charge is 2.23. The molecule has 3 nitrogen and oxygen atoms in total. The molecule has 0 aromatic heterocycles. The smallest absolute Gasteiger partial charge is 0.340 e. The first kappa shape index (κ1) is 12.9. The van der Waals surface area contributed by atoms with Crippen LogP contribution >= 0.6 is 0 Å². The van der Waals surface area contributed by atoms with Crippen molar-refractivity contribution in [2.45, 2.75) is 38.7 Å². The van der Waals surface area contributed by atoms with Crippen LogP contribution in [-0.4, -0.2) is 12.1 Å². The number of nitrogen functional groups attached to an aromatic ring is 1. The van der Waals surface area contributed by atoms with Gasteiger partial charge in [0.2, 0.25) is 0 Å². The Hall–Kier alpha value is -1.58. The highest BCUT2D eigenvalue weighted by atomic mass is 19.1. The van der Waals surface area contributed by atoms with E-state index < -0.39 is 11.8 Å². The normalized spacial score (nSPS) is 23.7. The van der Waals surface area contributed by atoms with Crippen LogP contribution in [-0.2, 0) is 4.74 Å². The molecule has 0 saturated heterocycles. The Bertz CT molecular complexity index is 439. The molecule has 0 radical (unpaired) electrons. The van der Waals surface area contributed by atoms with E-state index in [0.29, 0.717) is 5.92 Å². The second-order valence-electron chi connectivity index (χ2n) is 5.02. The molecule has 1 aliphatic carbocycles. The van der Waals surface area contributed by atoms with Crippen molar-refractivity contribution in [3.8, 4) is 0 Å². The van der Waals surface area contributed by atoms with Crippen LogP contribution in [0.5, 0.6) is 0 Å². The number of benzene rings is 1. The van der Waals surface area contributed by atoms with E-state index in [0.717, 1.165) is 31.7 Å². The molecular formula is C14H18FNO2. The van der Waals surface area contributed by atoms with Crippen molar-refractivity contribution in [1.29, 1.82) is 0 Å². The van der Waals surface area contributed by atoms with Gasteiger partial charge in [-0.3, -0.25) is 0 Å². The van der Waals surface area contributed by atoms with Gasteiger partial charge in [0.05, 0.1) is 5.56 Å². The van der Waals surface area contributed by atoms with Crippen molar-refractivity contribution in [1.82, 2.24) is 0 Å². The molecule has 1 aromatic carbocycles. The molecule has 1 aromatic rings. The zero-order chi connectivity index (χ0) is 13.1. The van der Waals surface area contributed by atoms with Gasteiger partial charge in [-0.05, 0) is 49.8 Å². The molecule has 1 saturated carbocycles. The van der Waals surface area contributed by atoms with E-state index in [1.165, 1.54) is 12.1 Å². The summed E-state index contributed by atoms with van der Waals surface area (Å²) in [6, 6.07) is 3.73. The fourth-order valence-corrected chi connectivity index (χ4v) is 2.28. The van der Waals surface area contributed by atoms with Crippen LogP contribution in [0, 0.1) is 11.7 Å². The molecule has 1 fully saturated rings. The van der Waals surface area contributed by atoms with E-state index in [4.69, 9.17) is 10.5 Å². The van der Waals surface area contributed by atoms with Crippen LogP contribution in [0.25, 0.3) is 0 Å². The molecule has 2 N–H and O–H groups in total. The van der Waals surface area contributed by atoms with Gasteiger partial charge in [-0.25, -0.2) is 9.18 Å². The third kappa shape index (κ3) is 3.00. The second-order valence-corrected chi connectivity index (χ2v) is 5.02. The number of carbonyl (C=O) groups excluding carboxylic acids is 1. The van der Waals surface area contributed by atoms with Gasteiger partial charge in [-0.1, -0.05) is 6.92 Å². The monoisotopic (exact) mass is 251 g/mol. The SMILES string of the molecule is CC1CCC(OC(=O)c2ccc(F)cc2N)CC1. The third-order valence-corrected chi connectivity index (χ3v) is 3.47. The molecule has 2 rings (SSSR count). The number of rotatable bonds is 2. The lowest BCUT2D eigenvalue weighted by atomic mass is 9.89. The summed E-state index contributed by atoms with van der Waals surface area (Å²) in [6.45, 7) is 2.20. The van der Waals surface area contributed by atoms with Crippen LogP contribution < -0.4 is 5.73 Å².